The molecule has 86 valence electrons. The Balaban J connectivity index is 2.01. The van der Waals surface area contributed by atoms with E-state index in [0.717, 1.165) is 19.5 Å². The second-order valence-corrected chi connectivity index (χ2v) is 4.64. The number of likely N-dealkylation sites (tertiary alicyclic amines) is 1. The first-order chi connectivity index (χ1) is 7.83. The van der Waals surface area contributed by atoms with Crippen LogP contribution in [0.4, 0.5) is 0 Å². The summed E-state index contributed by atoms with van der Waals surface area (Å²) in [5.74, 6) is 0.566. The molecule has 1 unspecified atom stereocenters. The zero-order valence-electron chi connectivity index (χ0n) is 9.60. The highest BCUT2D eigenvalue weighted by Gasteiger charge is 2.33. The highest BCUT2D eigenvalue weighted by molar-refractivity contribution is 5.13. The van der Waals surface area contributed by atoms with E-state index in [1.807, 2.05) is 12.1 Å². The summed E-state index contributed by atoms with van der Waals surface area (Å²) in [6.07, 6.45) is 3.10. The third-order valence-corrected chi connectivity index (χ3v) is 3.52. The third-order valence-electron chi connectivity index (χ3n) is 3.52. The molecule has 0 spiro atoms. The van der Waals surface area contributed by atoms with Crippen molar-refractivity contribution in [3.63, 3.8) is 0 Å². The van der Waals surface area contributed by atoms with Gasteiger partial charge in [0.1, 0.15) is 12.6 Å². The van der Waals surface area contributed by atoms with Crippen molar-refractivity contribution in [2.24, 2.45) is 5.92 Å². The molecule has 0 aliphatic carbocycles. The lowest BCUT2D eigenvalue weighted by atomic mass is 10.1. The fourth-order valence-electron chi connectivity index (χ4n) is 2.58. The van der Waals surface area contributed by atoms with Crippen LogP contribution in [0.3, 0.4) is 0 Å². The Morgan fingerprint density at radius 3 is 2.75 bits per heavy atom. The van der Waals surface area contributed by atoms with Crippen molar-refractivity contribution in [1.82, 2.24) is 0 Å². The summed E-state index contributed by atoms with van der Waals surface area (Å²) in [6, 6.07) is 10.9. The fraction of sp³-hybridized carbons (Fsp3) is 0.429. The van der Waals surface area contributed by atoms with Crippen molar-refractivity contribution in [2.45, 2.75) is 19.0 Å². The van der Waals surface area contributed by atoms with Crippen LogP contribution in [-0.4, -0.2) is 24.3 Å². The van der Waals surface area contributed by atoms with Crippen LogP contribution in [0.5, 0.6) is 0 Å². The molecule has 1 aliphatic heterocycles. The van der Waals surface area contributed by atoms with E-state index in [4.69, 9.17) is 0 Å². The van der Waals surface area contributed by atoms with Crippen molar-refractivity contribution >= 4 is 0 Å². The van der Waals surface area contributed by atoms with Gasteiger partial charge in [0.05, 0.1) is 13.2 Å². The predicted octanol–water partition coefficient (Wildman–Crippen LogP) is 0.638. The summed E-state index contributed by atoms with van der Waals surface area (Å²) in [6.45, 7) is 6.25. The lowest BCUT2D eigenvalue weighted by Gasteiger charge is -2.19. The molecule has 2 heteroatoms. The van der Waals surface area contributed by atoms with Crippen LogP contribution >= 0.6 is 0 Å². The number of aliphatic hydroxyl groups is 1. The quantitative estimate of drug-likeness (QED) is 0.712. The SMILES string of the molecule is C=C[C@@H]1C[C@H](CO)[NH+](Cc2ccccc2)C1. The molecule has 0 radical (unpaired) electrons. The van der Waals surface area contributed by atoms with Crippen LogP contribution in [0.2, 0.25) is 0 Å². The van der Waals surface area contributed by atoms with Crippen molar-refractivity contribution in [3.05, 3.63) is 48.6 Å². The first-order valence-corrected chi connectivity index (χ1v) is 5.95. The summed E-state index contributed by atoms with van der Waals surface area (Å²) < 4.78 is 0. The van der Waals surface area contributed by atoms with Crippen LogP contribution in [-0.2, 0) is 6.54 Å². The highest BCUT2D eigenvalue weighted by atomic mass is 16.3. The summed E-state index contributed by atoms with van der Waals surface area (Å²) in [5.41, 5.74) is 1.35. The average Bonchev–Trinajstić information content (AvgIpc) is 2.73. The Bertz CT molecular complexity index is 336. The maximum Gasteiger partial charge on any atom is 0.112 e. The van der Waals surface area contributed by atoms with Gasteiger partial charge in [0.15, 0.2) is 0 Å². The molecule has 0 saturated carbocycles. The molecular formula is C14H20NO+. The van der Waals surface area contributed by atoms with Crippen LogP contribution in [0, 0.1) is 5.92 Å². The number of nitrogens with one attached hydrogen (secondary N) is 1. The number of hydrogen-bond acceptors (Lipinski definition) is 1. The molecule has 1 aliphatic rings. The molecule has 1 heterocycles. The molecule has 3 atom stereocenters. The Hall–Kier alpha value is -1.12. The monoisotopic (exact) mass is 218 g/mol. The van der Waals surface area contributed by atoms with Crippen LogP contribution in [0.1, 0.15) is 12.0 Å². The van der Waals surface area contributed by atoms with Crippen molar-refractivity contribution in [3.8, 4) is 0 Å². The van der Waals surface area contributed by atoms with Gasteiger partial charge in [-0.05, 0) is 0 Å². The van der Waals surface area contributed by atoms with Gasteiger partial charge in [-0.3, -0.25) is 0 Å². The maximum atomic E-state index is 9.37. The maximum absolute atomic E-state index is 9.37. The van der Waals surface area contributed by atoms with Crippen LogP contribution in [0.25, 0.3) is 0 Å². The van der Waals surface area contributed by atoms with Crippen molar-refractivity contribution < 1.29 is 10.0 Å². The molecule has 1 saturated heterocycles. The molecule has 2 nitrogen and oxygen atoms in total. The summed E-state index contributed by atoms with van der Waals surface area (Å²) in [5, 5.41) is 9.37. The standard InChI is InChI=1S/C14H19NO/c1-2-12-8-14(11-16)15(9-12)10-13-6-4-3-5-7-13/h2-7,12,14,16H,1,8-11H2/p+1/t12-,14-/m1/s1. The van der Waals surface area contributed by atoms with Crippen molar-refractivity contribution in [2.75, 3.05) is 13.2 Å². The highest BCUT2D eigenvalue weighted by Crippen LogP contribution is 2.11. The largest absolute Gasteiger partial charge is 0.390 e. The van der Waals surface area contributed by atoms with Gasteiger partial charge in [-0.1, -0.05) is 36.4 Å². The van der Waals surface area contributed by atoms with Crippen LogP contribution < -0.4 is 4.90 Å². The molecular weight excluding hydrogens is 198 g/mol. The molecule has 0 aromatic heterocycles. The van der Waals surface area contributed by atoms with E-state index in [9.17, 15) is 5.11 Å². The third kappa shape index (κ3) is 2.52. The molecule has 0 bridgehead atoms. The van der Waals surface area contributed by atoms with Gasteiger partial charge < -0.3 is 10.0 Å². The molecule has 1 fully saturated rings. The summed E-state index contributed by atoms with van der Waals surface area (Å²) in [4.78, 5) is 1.48. The number of quaternary nitrogens is 1. The second kappa shape index (κ2) is 5.28. The molecule has 16 heavy (non-hydrogen) atoms. The lowest BCUT2D eigenvalue weighted by Crippen LogP contribution is -3.13. The number of hydrogen-bond donors (Lipinski definition) is 2. The predicted molar refractivity (Wildman–Crippen MR) is 65.2 cm³/mol. The zero-order valence-corrected chi connectivity index (χ0v) is 9.60. The van der Waals surface area contributed by atoms with E-state index in [1.54, 1.807) is 0 Å². The zero-order chi connectivity index (χ0) is 11.4. The van der Waals surface area contributed by atoms with Gasteiger partial charge in [-0.2, -0.15) is 0 Å². The van der Waals surface area contributed by atoms with E-state index >= 15 is 0 Å². The minimum absolute atomic E-state index is 0.284. The second-order valence-electron chi connectivity index (χ2n) is 4.64. The summed E-state index contributed by atoms with van der Waals surface area (Å²) >= 11 is 0. The Labute approximate surface area is 97.2 Å². The van der Waals surface area contributed by atoms with E-state index in [0.29, 0.717) is 12.0 Å². The topological polar surface area (TPSA) is 24.7 Å². The number of rotatable bonds is 4. The van der Waals surface area contributed by atoms with Gasteiger partial charge in [-0.25, -0.2) is 0 Å². The van der Waals surface area contributed by atoms with Gasteiger partial charge in [0.2, 0.25) is 0 Å². The first kappa shape index (κ1) is 11.4. The van der Waals surface area contributed by atoms with Gasteiger partial charge in [0.25, 0.3) is 0 Å². The smallest absolute Gasteiger partial charge is 0.112 e. The lowest BCUT2D eigenvalue weighted by molar-refractivity contribution is -0.927. The minimum Gasteiger partial charge on any atom is -0.390 e. The fourth-order valence-corrected chi connectivity index (χ4v) is 2.58. The average molecular weight is 218 g/mol. The summed E-state index contributed by atoms with van der Waals surface area (Å²) in [7, 11) is 0. The van der Waals surface area contributed by atoms with E-state index < -0.39 is 0 Å². The van der Waals surface area contributed by atoms with Gasteiger partial charge >= 0.3 is 0 Å². The van der Waals surface area contributed by atoms with Crippen molar-refractivity contribution in [1.29, 1.82) is 0 Å². The normalized spacial score (nSPS) is 29.2. The molecule has 2 N–H and O–H groups in total. The van der Waals surface area contributed by atoms with Crippen LogP contribution in [0.15, 0.2) is 43.0 Å². The van der Waals surface area contributed by atoms with E-state index in [-0.39, 0.29) is 6.61 Å². The van der Waals surface area contributed by atoms with Gasteiger partial charge in [0, 0.05) is 17.9 Å². The molecule has 0 amide bonds. The first-order valence-electron chi connectivity index (χ1n) is 5.95. The Morgan fingerprint density at radius 2 is 2.12 bits per heavy atom. The molecule has 1 aromatic carbocycles. The Morgan fingerprint density at radius 1 is 1.38 bits per heavy atom. The van der Waals surface area contributed by atoms with Gasteiger partial charge in [-0.15, -0.1) is 6.58 Å². The molecule has 1 aromatic rings. The van der Waals surface area contributed by atoms with E-state index in [1.165, 1.54) is 10.5 Å². The minimum atomic E-state index is 0.284. The Kier molecular flexibility index (Phi) is 3.75. The number of benzene rings is 1. The number of aliphatic hydroxyl groups excluding tert-OH is 1. The van der Waals surface area contributed by atoms with E-state index in [2.05, 4.69) is 30.8 Å². The molecule has 2 rings (SSSR count).